The molecule has 0 unspecified atom stereocenters. The second kappa shape index (κ2) is 13.9. The van der Waals surface area contributed by atoms with Crippen molar-refractivity contribution in [3.8, 4) is 56.2 Å². The van der Waals surface area contributed by atoms with E-state index in [-0.39, 0.29) is 0 Å². The molecule has 0 aliphatic carbocycles. The fraction of sp³-hybridized carbons (Fsp3) is 0. The molecule has 0 N–H and O–H groups in total. The lowest BCUT2D eigenvalue weighted by atomic mass is 9.89. The summed E-state index contributed by atoms with van der Waals surface area (Å²) in [5.74, 6) is 0.697. The Hall–Kier alpha value is -7.94. The summed E-state index contributed by atoms with van der Waals surface area (Å²) in [5.41, 5.74) is 9.61. The lowest BCUT2D eigenvalue weighted by molar-refractivity contribution is 1.18. The molecule has 0 fully saturated rings. The molecule has 12 rings (SSSR count). The predicted octanol–water partition coefficient (Wildman–Crippen LogP) is 15.7. The smallest absolute Gasteiger partial charge is 0.160 e. The number of hydrogen-bond acceptors (Lipinski definition) is 2. The monoisotopic (exact) mass is 760 g/mol. The zero-order valence-corrected chi connectivity index (χ0v) is 32.7. The summed E-state index contributed by atoms with van der Waals surface area (Å²) in [6.45, 7) is 0. The van der Waals surface area contributed by atoms with Gasteiger partial charge in [0, 0.05) is 16.7 Å². The van der Waals surface area contributed by atoms with Gasteiger partial charge in [-0.1, -0.05) is 200 Å². The first-order valence-corrected chi connectivity index (χ1v) is 20.6. The van der Waals surface area contributed by atoms with Crippen molar-refractivity contribution < 1.29 is 0 Å². The molecule has 0 aliphatic rings. The van der Waals surface area contributed by atoms with Crippen LogP contribution in [0.2, 0.25) is 0 Å². The first-order valence-electron chi connectivity index (χ1n) is 20.6. The van der Waals surface area contributed by atoms with Gasteiger partial charge in [-0.05, 0) is 105 Å². The third kappa shape index (κ3) is 5.73. The average molecular weight is 761 g/mol. The van der Waals surface area contributed by atoms with Gasteiger partial charge in [-0.25, -0.2) is 9.97 Å². The van der Waals surface area contributed by atoms with Crippen molar-refractivity contribution in [2.45, 2.75) is 0 Å². The first-order chi connectivity index (χ1) is 29.7. The van der Waals surface area contributed by atoms with Crippen LogP contribution >= 0.6 is 0 Å². The molecule has 2 heteroatoms. The highest BCUT2D eigenvalue weighted by atomic mass is 14.9. The Kier molecular flexibility index (Phi) is 7.89. The molecule has 11 aromatic carbocycles. The maximum atomic E-state index is 5.26. The van der Waals surface area contributed by atoms with Crippen LogP contribution in [0.5, 0.6) is 0 Å². The Labute approximate surface area is 347 Å². The Bertz CT molecular complexity index is 3630. The number of fused-ring (bicyclic) bond motifs is 9. The molecule has 0 radical (unpaired) electrons. The highest BCUT2D eigenvalue weighted by Gasteiger charge is 2.16. The minimum Gasteiger partial charge on any atom is -0.228 e. The molecular weight excluding hydrogens is 725 g/mol. The van der Waals surface area contributed by atoms with Crippen LogP contribution < -0.4 is 0 Å². The van der Waals surface area contributed by atoms with E-state index >= 15 is 0 Å². The minimum atomic E-state index is 0.697. The summed E-state index contributed by atoms with van der Waals surface area (Å²) in [7, 11) is 0. The number of nitrogens with zero attached hydrogens (tertiary/aromatic N) is 2. The van der Waals surface area contributed by atoms with Gasteiger partial charge in [0.05, 0.1) is 11.4 Å². The molecule has 0 saturated carbocycles. The highest BCUT2D eigenvalue weighted by Crippen LogP contribution is 2.41. The Morgan fingerprint density at radius 3 is 1.38 bits per heavy atom. The zero-order valence-electron chi connectivity index (χ0n) is 32.7. The van der Waals surface area contributed by atoms with Crippen molar-refractivity contribution in [3.05, 3.63) is 218 Å². The zero-order chi connectivity index (χ0) is 39.6. The van der Waals surface area contributed by atoms with Crippen LogP contribution in [0, 0.1) is 0 Å². The van der Waals surface area contributed by atoms with Crippen LogP contribution in [0.25, 0.3) is 121 Å². The van der Waals surface area contributed by atoms with Gasteiger partial charge in [0.15, 0.2) is 5.82 Å². The summed E-state index contributed by atoms with van der Waals surface area (Å²) in [5, 5.41) is 15.0. The predicted molar refractivity (Wildman–Crippen MR) is 254 cm³/mol. The van der Waals surface area contributed by atoms with Gasteiger partial charge in [0.2, 0.25) is 0 Å². The van der Waals surface area contributed by atoms with E-state index in [1.54, 1.807) is 0 Å². The quantitative estimate of drug-likeness (QED) is 0.129. The van der Waals surface area contributed by atoms with E-state index in [0.717, 1.165) is 33.6 Å². The Balaban J connectivity index is 0.998. The van der Waals surface area contributed by atoms with Crippen molar-refractivity contribution in [1.29, 1.82) is 0 Å². The van der Waals surface area contributed by atoms with Gasteiger partial charge >= 0.3 is 0 Å². The standard InChI is InChI=1S/C58H36N2/c1-2-10-37(11-3-1)38-18-24-43(25-19-38)58-59-55(36-56(60-58)46-29-30-49-45(34-46)28-32-51-47-15-7-4-12-39(47)26-31-52(49)51)41-20-22-42(23-21-41)57-50-17-9-6-14-44(50)35-54-48-16-8-5-13-40(48)27-33-53(54)57/h1-36H. The molecule has 0 atom stereocenters. The molecule has 2 nitrogen and oxygen atoms in total. The number of aromatic nitrogens is 2. The number of benzene rings is 11. The summed E-state index contributed by atoms with van der Waals surface area (Å²) in [6.07, 6.45) is 0. The largest absolute Gasteiger partial charge is 0.228 e. The van der Waals surface area contributed by atoms with Crippen molar-refractivity contribution in [1.82, 2.24) is 9.97 Å². The molecule has 0 spiro atoms. The van der Waals surface area contributed by atoms with E-state index in [2.05, 4.69) is 218 Å². The van der Waals surface area contributed by atoms with Crippen LogP contribution in [0.15, 0.2) is 218 Å². The van der Waals surface area contributed by atoms with Crippen LogP contribution in [-0.2, 0) is 0 Å². The van der Waals surface area contributed by atoms with E-state index in [1.807, 2.05) is 0 Å². The van der Waals surface area contributed by atoms with E-state index < -0.39 is 0 Å². The second-order valence-electron chi connectivity index (χ2n) is 15.7. The van der Waals surface area contributed by atoms with E-state index in [0.29, 0.717) is 5.82 Å². The summed E-state index contributed by atoms with van der Waals surface area (Å²) in [6, 6.07) is 78.8. The highest BCUT2D eigenvalue weighted by molar-refractivity contribution is 6.20. The molecule has 278 valence electrons. The Morgan fingerprint density at radius 1 is 0.217 bits per heavy atom. The van der Waals surface area contributed by atoms with Crippen LogP contribution in [-0.4, -0.2) is 9.97 Å². The Morgan fingerprint density at radius 2 is 0.667 bits per heavy atom. The maximum absolute atomic E-state index is 5.26. The van der Waals surface area contributed by atoms with Gasteiger partial charge in [-0.15, -0.1) is 0 Å². The van der Waals surface area contributed by atoms with Gasteiger partial charge in [-0.2, -0.15) is 0 Å². The van der Waals surface area contributed by atoms with Gasteiger partial charge in [0.25, 0.3) is 0 Å². The normalized spacial score (nSPS) is 11.7. The van der Waals surface area contributed by atoms with Crippen molar-refractivity contribution >= 4 is 64.6 Å². The molecular formula is C58H36N2. The van der Waals surface area contributed by atoms with Crippen LogP contribution in [0.1, 0.15) is 0 Å². The van der Waals surface area contributed by atoms with E-state index in [4.69, 9.17) is 9.97 Å². The van der Waals surface area contributed by atoms with E-state index in [9.17, 15) is 0 Å². The molecule has 0 aliphatic heterocycles. The number of hydrogen-bond donors (Lipinski definition) is 0. The topological polar surface area (TPSA) is 25.8 Å². The SMILES string of the molecule is c1ccc(-c2ccc(-c3nc(-c4ccc(-c5c6ccccc6cc6c5ccc5ccccc56)cc4)cc(-c4ccc5c(ccc6c7ccccc7ccc56)c4)n3)cc2)cc1. The molecule has 0 saturated heterocycles. The molecule has 60 heavy (non-hydrogen) atoms. The van der Waals surface area contributed by atoms with Crippen molar-refractivity contribution in [2.75, 3.05) is 0 Å². The molecule has 1 aromatic heterocycles. The van der Waals surface area contributed by atoms with Gasteiger partial charge in [-0.3, -0.25) is 0 Å². The third-order valence-electron chi connectivity index (χ3n) is 12.3. The second-order valence-corrected chi connectivity index (χ2v) is 15.7. The lowest BCUT2D eigenvalue weighted by Crippen LogP contribution is -1.96. The summed E-state index contributed by atoms with van der Waals surface area (Å²) in [4.78, 5) is 10.5. The molecule has 12 aromatic rings. The third-order valence-corrected chi connectivity index (χ3v) is 12.3. The fourth-order valence-corrected chi connectivity index (χ4v) is 9.24. The first kappa shape index (κ1) is 34.1. The van der Waals surface area contributed by atoms with Crippen LogP contribution in [0.4, 0.5) is 0 Å². The van der Waals surface area contributed by atoms with Crippen molar-refractivity contribution in [2.24, 2.45) is 0 Å². The lowest BCUT2D eigenvalue weighted by Gasteiger charge is -2.15. The minimum absolute atomic E-state index is 0.697. The molecule has 1 heterocycles. The van der Waals surface area contributed by atoms with E-state index in [1.165, 1.54) is 81.3 Å². The number of rotatable bonds is 5. The summed E-state index contributed by atoms with van der Waals surface area (Å²) < 4.78 is 0. The van der Waals surface area contributed by atoms with Crippen LogP contribution in [0.3, 0.4) is 0 Å². The van der Waals surface area contributed by atoms with Gasteiger partial charge in [0.1, 0.15) is 0 Å². The van der Waals surface area contributed by atoms with Crippen molar-refractivity contribution in [3.63, 3.8) is 0 Å². The average Bonchev–Trinajstić information content (AvgIpc) is 3.33. The molecule has 0 bridgehead atoms. The van der Waals surface area contributed by atoms with Gasteiger partial charge < -0.3 is 0 Å². The molecule has 0 amide bonds. The maximum Gasteiger partial charge on any atom is 0.160 e. The summed E-state index contributed by atoms with van der Waals surface area (Å²) >= 11 is 0. The fourth-order valence-electron chi connectivity index (χ4n) is 9.24.